The van der Waals surface area contributed by atoms with Crippen molar-refractivity contribution in [2.75, 3.05) is 86.9 Å². The predicted molar refractivity (Wildman–Crippen MR) is 237 cm³/mol. The first-order valence-corrected chi connectivity index (χ1v) is 22.4. The summed E-state index contributed by atoms with van der Waals surface area (Å²) < 4.78 is 97.5. The van der Waals surface area contributed by atoms with Gasteiger partial charge in [0.05, 0.1) is 119 Å². The number of methoxy groups -OCH3 is 2. The molecule has 0 spiro atoms. The fraction of sp³-hybridized carbons (Fsp3) is 0.511. The molecule has 0 bridgehead atoms. The van der Waals surface area contributed by atoms with Crippen LogP contribution in [0.15, 0.2) is 42.5 Å². The minimum absolute atomic E-state index is 0.0410. The number of hydrogen-bond donors (Lipinski definition) is 4. The Bertz CT molecular complexity index is 2470. The van der Waals surface area contributed by atoms with Crippen molar-refractivity contribution in [3.05, 3.63) is 91.5 Å². The number of nitrogens with one attached hydrogen (secondary N) is 1. The summed E-state index contributed by atoms with van der Waals surface area (Å²) in [4.78, 5) is 77.8. The van der Waals surface area contributed by atoms with E-state index in [-0.39, 0.29) is 66.6 Å². The summed E-state index contributed by atoms with van der Waals surface area (Å²) in [5.74, 6) is -8.20. The number of phenolic OH excluding ortho intramolecular Hbond substituents is 2. The molecular weight excluding hydrogens is 970 g/mol. The largest absolute Gasteiger partial charge is 0.507 e. The molecule has 3 aromatic carbocycles. The molecule has 3 aliphatic rings. The van der Waals surface area contributed by atoms with Gasteiger partial charge < -0.3 is 68.0 Å². The van der Waals surface area contributed by atoms with E-state index in [9.17, 15) is 62.6 Å². The van der Waals surface area contributed by atoms with Gasteiger partial charge in [-0.05, 0) is 25.1 Å². The lowest BCUT2D eigenvalue weighted by molar-refractivity contribution is -0.384. The highest BCUT2D eigenvalue weighted by atomic mass is 19.4. The molecule has 0 aromatic heterocycles. The highest BCUT2D eigenvalue weighted by Crippen LogP contribution is 2.52. The average Bonchev–Trinajstić information content (AvgIpc) is 3.34. The number of halogens is 3. The van der Waals surface area contributed by atoms with Crippen LogP contribution in [-0.4, -0.2) is 173 Å². The van der Waals surface area contributed by atoms with Crippen molar-refractivity contribution < 1.29 is 105 Å². The first-order valence-electron chi connectivity index (χ1n) is 22.4. The number of ether oxygens (including phenoxy) is 10. The van der Waals surface area contributed by atoms with Gasteiger partial charge in [0.25, 0.3) is 5.69 Å². The van der Waals surface area contributed by atoms with Gasteiger partial charge in [-0.1, -0.05) is 12.1 Å². The molecule has 1 fully saturated rings. The van der Waals surface area contributed by atoms with Crippen molar-refractivity contribution >= 4 is 34.9 Å². The zero-order valence-electron chi connectivity index (χ0n) is 39.2. The van der Waals surface area contributed by atoms with Crippen molar-refractivity contribution in [2.45, 2.75) is 68.6 Å². The Labute approximate surface area is 408 Å². The Hall–Kier alpha value is -6.16. The van der Waals surface area contributed by atoms with Gasteiger partial charge in [0.1, 0.15) is 29.0 Å². The van der Waals surface area contributed by atoms with Gasteiger partial charge in [0.2, 0.25) is 5.78 Å². The van der Waals surface area contributed by atoms with E-state index in [1.54, 1.807) is 12.4 Å². The molecule has 6 rings (SSSR count). The number of aromatic hydroxyl groups is 2. The highest BCUT2D eigenvalue weighted by molar-refractivity contribution is 6.31. The second-order valence-electron chi connectivity index (χ2n) is 16.6. The van der Waals surface area contributed by atoms with Crippen molar-refractivity contribution in [3.8, 4) is 17.2 Å². The van der Waals surface area contributed by atoms with Crippen molar-refractivity contribution in [1.29, 1.82) is 0 Å². The number of carbonyl (C=O) groups excluding carboxylic acids is 5. The Balaban J connectivity index is 1.25. The van der Waals surface area contributed by atoms with E-state index >= 15 is 0 Å². The number of benzene rings is 3. The van der Waals surface area contributed by atoms with E-state index in [1.807, 2.05) is 0 Å². The zero-order valence-corrected chi connectivity index (χ0v) is 39.2. The molecule has 22 nitrogen and oxygen atoms in total. The van der Waals surface area contributed by atoms with E-state index < -0.39 is 131 Å². The standard InChI is InChI=1S/C47H53F3N2O20/c1-25(53)46(60)22-29-36(42(57)38-37(40(29)55)39(54)28-5-4-6-31(64-3)35(28)41(38)56)32(23-46)70-34-21-30(51-45(59)47(48,49)50)43(72-44(58)26-7-9-27(10-8-26)52(61)62)33(71-34)24-69-20-19-68-18-17-67-16-15-66-14-13-65-12-11-63-2/h4-10,30,32-34,43,55,57,60H,11-24H2,1-3H3,(H,51,59)/t30-,32-,33-,34+,43-,46-/m0/s1. The summed E-state index contributed by atoms with van der Waals surface area (Å²) in [6.45, 7) is 2.68. The van der Waals surface area contributed by atoms with Crippen molar-refractivity contribution in [1.82, 2.24) is 5.32 Å². The maximum Gasteiger partial charge on any atom is 0.471 e. The number of hydrogen-bond acceptors (Lipinski definition) is 20. The topological polar surface area (TPSA) is 294 Å². The van der Waals surface area contributed by atoms with Crippen LogP contribution in [-0.2, 0) is 58.6 Å². The molecule has 1 saturated heterocycles. The van der Waals surface area contributed by atoms with E-state index in [0.29, 0.717) is 33.0 Å². The molecule has 6 atom stereocenters. The Kier molecular flexibility index (Phi) is 18.8. The lowest BCUT2D eigenvalue weighted by Crippen LogP contribution is -2.60. The van der Waals surface area contributed by atoms with Gasteiger partial charge in [-0.25, -0.2) is 4.79 Å². The van der Waals surface area contributed by atoms with Crippen LogP contribution in [0, 0.1) is 10.1 Å². The monoisotopic (exact) mass is 1020 g/mol. The summed E-state index contributed by atoms with van der Waals surface area (Å²) in [5, 5.41) is 48.5. The van der Waals surface area contributed by atoms with E-state index in [4.69, 9.17) is 47.4 Å². The van der Waals surface area contributed by atoms with Crippen LogP contribution in [0.3, 0.4) is 0 Å². The summed E-state index contributed by atoms with van der Waals surface area (Å²) >= 11 is 0. The number of amides is 1. The maximum atomic E-state index is 14.1. The molecular formula is C47H53F3N2O20. The smallest absolute Gasteiger partial charge is 0.471 e. The second-order valence-corrected chi connectivity index (χ2v) is 16.6. The Morgan fingerprint density at radius 2 is 1.42 bits per heavy atom. The SMILES string of the molecule is COCCOCCOCCOCCOCCOC[C@@H]1O[C@@H](O[C@H]2C[C@](O)(C(C)=O)Cc3c(O)c4c(c(O)c32)C(=O)c2c(OC)cccc2C4=O)C[C@H](NC(=O)C(F)(F)F)[C@@H]1OC(=O)c1ccc([N+](=O)[O-])cc1. The Morgan fingerprint density at radius 3 is 1.97 bits per heavy atom. The predicted octanol–water partition coefficient (Wildman–Crippen LogP) is 3.23. The normalized spacial score (nSPS) is 21.6. The van der Waals surface area contributed by atoms with E-state index in [1.165, 1.54) is 25.3 Å². The molecule has 72 heavy (non-hydrogen) atoms. The number of carbonyl (C=O) groups is 5. The van der Waals surface area contributed by atoms with Gasteiger partial charge in [-0.3, -0.25) is 29.3 Å². The number of phenols is 2. The fourth-order valence-electron chi connectivity index (χ4n) is 8.32. The molecule has 4 N–H and O–H groups in total. The molecule has 1 amide bonds. The summed E-state index contributed by atoms with van der Waals surface area (Å²) in [6, 6.07) is 6.32. The number of non-ortho nitro benzene ring substituents is 1. The first-order chi connectivity index (χ1) is 34.3. The second kappa shape index (κ2) is 24.5. The fourth-order valence-corrected chi connectivity index (χ4v) is 8.32. The number of esters is 1. The Morgan fingerprint density at radius 1 is 0.833 bits per heavy atom. The van der Waals surface area contributed by atoms with Crippen LogP contribution in [0.5, 0.6) is 17.2 Å². The van der Waals surface area contributed by atoms with E-state index in [0.717, 1.165) is 31.2 Å². The molecule has 1 aliphatic heterocycles. The lowest BCUT2D eigenvalue weighted by Gasteiger charge is -2.44. The number of rotatable bonds is 25. The van der Waals surface area contributed by atoms with Crippen LogP contribution in [0.4, 0.5) is 18.9 Å². The molecule has 3 aromatic rings. The molecule has 0 radical (unpaired) electrons. The molecule has 25 heteroatoms. The minimum atomic E-state index is -5.48. The third kappa shape index (κ3) is 12.9. The number of Topliss-reactive ketones (excluding diaryl/α,β-unsaturated/α-hetero) is 1. The van der Waals surface area contributed by atoms with Crippen LogP contribution < -0.4 is 10.1 Å². The zero-order chi connectivity index (χ0) is 52.3. The molecule has 392 valence electrons. The lowest BCUT2D eigenvalue weighted by atomic mass is 9.72. The van der Waals surface area contributed by atoms with Crippen LogP contribution in [0.25, 0.3) is 0 Å². The van der Waals surface area contributed by atoms with Gasteiger partial charge >= 0.3 is 18.1 Å². The number of fused-ring (bicyclic) bond motifs is 3. The first kappa shape index (κ1) is 55.2. The highest BCUT2D eigenvalue weighted by Gasteiger charge is 2.52. The van der Waals surface area contributed by atoms with Crippen molar-refractivity contribution in [3.63, 3.8) is 0 Å². The molecule has 0 saturated carbocycles. The number of nitro groups is 1. The van der Waals surface area contributed by atoms with Gasteiger partial charge in [0, 0.05) is 55.2 Å². The number of ketones is 3. The average molecular weight is 1020 g/mol. The molecule has 1 heterocycles. The van der Waals surface area contributed by atoms with Crippen LogP contribution >= 0.6 is 0 Å². The third-order valence-electron chi connectivity index (χ3n) is 11.9. The van der Waals surface area contributed by atoms with E-state index in [2.05, 4.69) is 0 Å². The maximum absolute atomic E-state index is 14.1. The summed E-state index contributed by atoms with van der Waals surface area (Å²) in [5.41, 5.74) is -5.53. The number of nitrogens with zero attached hydrogens (tertiary/aromatic N) is 1. The number of nitro benzene ring substituents is 1. The number of alkyl halides is 3. The quantitative estimate of drug-likeness (QED) is 0.0244. The third-order valence-corrected chi connectivity index (χ3v) is 11.9. The van der Waals surface area contributed by atoms with Gasteiger partial charge in [0.15, 0.2) is 24.0 Å². The van der Waals surface area contributed by atoms with Gasteiger partial charge in [-0.2, -0.15) is 13.2 Å². The minimum Gasteiger partial charge on any atom is -0.507 e. The van der Waals surface area contributed by atoms with Crippen LogP contribution in [0.1, 0.15) is 79.2 Å². The number of aliphatic hydroxyl groups is 1. The van der Waals surface area contributed by atoms with Gasteiger partial charge in [-0.15, -0.1) is 0 Å². The summed E-state index contributed by atoms with van der Waals surface area (Å²) in [7, 11) is 2.80. The molecule has 0 unspecified atom stereocenters. The molecule has 2 aliphatic carbocycles. The van der Waals surface area contributed by atoms with Crippen LogP contribution in [0.2, 0.25) is 0 Å². The van der Waals surface area contributed by atoms with Crippen molar-refractivity contribution in [2.24, 2.45) is 0 Å². The summed E-state index contributed by atoms with van der Waals surface area (Å²) in [6.07, 6.45) is -14.6.